The molecule has 1 atom stereocenters. The number of pyridine rings is 1. The number of carbonyl (C=O) groups excluding carboxylic acids is 2. The van der Waals surface area contributed by atoms with Crippen LogP contribution in [-0.4, -0.2) is 29.4 Å². The number of para-hydroxylation sites is 1. The van der Waals surface area contributed by atoms with Gasteiger partial charge in [0.05, 0.1) is 22.0 Å². The third-order valence-corrected chi connectivity index (χ3v) is 4.44. The fraction of sp³-hybridized carbons (Fsp3) is 0.278. The number of amides is 2. The number of hydrogen-bond acceptors (Lipinski definition) is 3. The van der Waals surface area contributed by atoms with Gasteiger partial charge in [-0.3, -0.25) is 14.6 Å². The first-order chi connectivity index (χ1) is 11.5. The minimum Gasteiger partial charge on any atom is -0.340 e. The van der Waals surface area contributed by atoms with Gasteiger partial charge < -0.3 is 10.2 Å². The maximum absolute atomic E-state index is 12.6. The molecular weight excluding hydrogens is 326 g/mol. The van der Waals surface area contributed by atoms with Crippen LogP contribution < -0.4 is 10.2 Å². The summed E-state index contributed by atoms with van der Waals surface area (Å²) in [5, 5.41) is 3.34. The minimum atomic E-state index is -0.547. The van der Waals surface area contributed by atoms with Crippen molar-refractivity contribution < 1.29 is 9.59 Å². The summed E-state index contributed by atoms with van der Waals surface area (Å²) in [6.45, 7) is 4.18. The lowest BCUT2D eigenvalue weighted by Crippen LogP contribution is -2.41. The van der Waals surface area contributed by atoms with Gasteiger partial charge in [0.15, 0.2) is 0 Å². The minimum absolute atomic E-state index is 0.144. The lowest BCUT2D eigenvalue weighted by molar-refractivity contribution is -0.118. The monoisotopic (exact) mass is 343 g/mol. The van der Waals surface area contributed by atoms with Gasteiger partial charge in [0.25, 0.3) is 5.91 Å². The highest BCUT2D eigenvalue weighted by molar-refractivity contribution is 6.34. The third kappa shape index (κ3) is 3.12. The summed E-state index contributed by atoms with van der Waals surface area (Å²) in [6.07, 6.45) is 0.550. The molecule has 1 N–H and O–H groups in total. The fourth-order valence-electron chi connectivity index (χ4n) is 2.89. The molecule has 1 fully saturated rings. The molecule has 5 nitrogen and oxygen atoms in total. The summed E-state index contributed by atoms with van der Waals surface area (Å²) in [5.74, 6) is -0.423. The zero-order chi connectivity index (χ0) is 17.3. The second-order valence-corrected chi connectivity index (χ2v) is 6.25. The molecule has 1 unspecified atom stereocenters. The molecule has 6 heteroatoms. The number of aryl methyl sites for hydroxylation is 2. The predicted octanol–water partition coefficient (Wildman–Crippen LogP) is 2.89. The maximum atomic E-state index is 12.6. The molecule has 24 heavy (non-hydrogen) atoms. The van der Waals surface area contributed by atoms with E-state index in [1.165, 1.54) is 0 Å². The predicted molar refractivity (Wildman–Crippen MR) is 93.4 cm³/mol. The van der Waals surface area contributed by atoms with E-state index in [0.29, 0.717) is 34.9 Å². The number of nitrogens with zero attached hydrogens (tertiary/aromatic N) is 2. The van der Waals surface area contributed by atoms with Gasteiger partial charge in [-0.1, -0.05) is 23.7 Å². The van der Waals surface area contributed by atoms with Gasteiger partial charge >= 0.3 is 0 Å². The first kappa shape index (κ1) is 16.5. The van der Waals surface area contributed by atoms with Crippen LogP contribution in [0.2, 0.25) is 5.02 Å². The van der Waals surface area contributed by atoms with Crippen LogP contribution in [0.4, 0.5) is 5.69 Å². The summed E-state index contributed by atoms with van der Waals surface area (Å²) in [4.78, 5) is 30.9. The van der Waals surface area contributed by atoms with Crippen LogP contribution in [-0.2, 0) is 4.79 Å². The van der Waals surface area contributed by atoms with Crippen molar-refractivity contribution >= 4 is 29.1 Å². The first-order valence-corrected chi connectivity index (χ1v) is 8.16. The molecule has 0 bridgehead atoms. The number of anilines is 1. The van der Waals surface area contributed by atoms with Gasteiger partial charge in [0.2, 0.25) is 5.91 Å². The van der Waals surface area contributed by atoms with E-state index in [9.17, 15) is 9.59 Å². The highest BCUT2D eigenvalue weighted by Crippen LogP contribution is 2.29. The standard InChI is InChI=1S/C18H18ClN3O2/c1-11-7-8-13(12(2)20-11)17(23)21-15-9-10-22(18(15)24)16-6-4-3-5-14(16)19/h3-8,15H,9-10H2,1-2H3,(H,21,23). The largest absolute Gasteiger partial charge is 0.340 e. The third-order valence-electron chi connectivity index (χ3n) is 4.12. The normalized spacial score (nSPS) is 17.2. The quantitative estimate of drug-likeness (QED) is 0.932. The van der Waals surface area contributed by atoms with E-state index >= 15 is 0 Å². The molecule has 1 aliphatic heterocycles. The number of hydrogen-bond donors (Lipinski definition) is 1. The van der Waals surface area contributed by atoms with Crippen molar-refractivity contribution in [3.05, 3.63) is 58.4 Å². The van der Waals surface area contributed by atoms with Gasteiger partial charge in [-0.25, -0.2) is 0 Å². The molecule has 124 valence electrons. The Kier molecular flexibility index (Phi) is 4.53. The van der Waals surface area contributed by atoms with Gasteiger partial charge in [0, 0.05) is 12.2 Å². The highest BCUT2D eigenvalue weighted by atomic mass is 35.5. The molecule has 1 saturated heterocycles. The van der Waals surface area contributed by atoms with Crippen LogP contribution in [0.1, 0.15) is 28.2 Å². The Bertz CT molecular complexity index is 807. The van der Waals surface area contributed by atoms with E-state index in [2.05, 4.69) is 10.3 Å². The number of halogens is 1. The molecule has 1 aromatic carbocycles. The number of rotatable bonds is 3. The molecule has 0 aliphatic carbocycles. The van der Waals surface area contributed by atoms with Crippen molar-refractivity contribution in [2.75, 3.05) is 11.4 Å². The number of benzene rings is 1. The Hall–Kier alpha value is -2.40. The molecule has 0 saturated carbocycles. The molecule has 0 spiro atoms. The lowest BCUT2D eigenvalue weighted by atomic mass is 10.1. The van der Waals surface area contributed by atoms with Gasteiger partial charge in [-0.05, 0) is 44.5 Å². The second kappa shape index (κ2) is 6.61. The Morgan fingerprint density at radius 2 is 2.00 bits per heavy atom. The molecular formula is C18H18ClN3O2. The average molecular weight is 344 g/mol. The van der Waals surface area contributed by atoms with E-state index in [1.54, 1.807) is 36.1 Å². The Labute approximate surface area is 145 Å². The molecule has 2 aromatic rings. The Morgan fingerprint density at radius 3 is 2.71 bits per heavy atom. The Balaban J connectivity index is 1.74. The summed E-state index contributed by atoms with van der Waals surface area (Å²) in [6, 6.07) is 10.2. The van der Waals surface area contributed by atoms with Crippen molar-refractivity contribution in [2.24, 2.45) is 0 Å². The molecule has 3 rings (SSSR count). The van der Waals surface area contributed by atoms with E-state index in [1.807, 2.05) is 19.1 Å². The maximum Gasteiger partial charge on any atom is 0.253 e. The van der Waals surface area contributed by atoms with E-state index in [4.69, 9.17) is 11.6 Å². The van der Waals surface area contributed by atoms with E-state index in [-0.39, 0.29) is 11.8 Å². The second-order valence-electron chi connectivity index (χ2n) is 5.84. The van der Waals surface area contributed by atoms with Crippen molar-refractivity contribution in [3.8, 4) is 0 Å². The van der Waals surface area contributed by atoms with Crippen molar-refractivity contribution in [1.82, 2.24) is 10.3 Å². The number of carbonyl (C=O) groups is 2. The van der Waals surface area contributed by atoms with Crippen molar-refractivity contribution in [2.45, 2.75) is 26.3 Å². The van der Waals surface area contributed by atoms with Gasteiger partial charge in [0.1, 0.15) is 6.04 Å². The molecule has 2 heterocycles. The summed E-state index contributed by atoms with van der Waals surface area (Å²) in [7, 11) is 0. The smallest absolute Gasteiger partial charge is 0.253 e. The van der Waals surface area contributed by atoms with Crippen LogP contribution in [0.15, 0.2) is 36.4 Å². The van der Waals surface area contributed by atoms with Gasteiger partial charge in [-0.2, -0.15) is 0 Å². The molecule has 2 amide bonds. The van der Waals surface area contributed by atoms with E-state index in [0.717, 1.165) is 5.69 Å². The van der Waals surface area contributed by atoms with Crippen molar-refractivity contribution in [3.63, 3.8) is 0 Å². The highest BCUT2D eigenvalue weighted by Gasteiger charge is 2.34. The van der Waals surface area contributed by atoms with Crippen LogP contribution in [0, 0.1) is 13.8 Å². The van der Waals surface area contributed by atoms with Crippen LogP contribution >= 0.6 is 11.6 Å². The Morgan fingerprint density at radius 1 is 1.25 bits per heavy atom. The topological polar surface area (TPSA) is 62.3 Å². The SMILES string of the molecule is Cc1ccc(C(=O)NC2CCN(c3ccccc3Cl)C2=O)c(C)n1. The van der Waals surface area contributed by atoms with Gasteiger partial charge in [-0.15, -0.1) is 0 Å². The summed E-state index contributed by atoms with van der Waals surface area (Å²) >= 11 is 6.17. The van der Waals surface area contributed by atoms with E-state index < -0.39 is 6.04 Å². The van der Waals surface area contributed by atoms with Crippen LogP contribution in [0.25, 0.3) is 0 Å². The lowest BCUT2D eigenvalue weighted by Gasteiger charge is -2.18. The van der Waals surface area contributed by atoms with Crippen molar-refractivity contribution in [1.29, 1.82) is 0 Å². The average Bonchev–Trinajstić information content (AvgIpc) is 2.88. The zero-order valence-corrected chi connectivity index (χ0v) is 14.3. The molecule has 1 aromatic heterocycles. The fourth-order valence-corrected chi connectivity index (χ4v) is 3.12. The van der Waals surface area contributed by atoms with Crippen LogP contribution in [0.3, 0.4) is 0 Å². The summed E-state index contributed by atoms with van der Waals surface area (Å²) in [5.41, 5.74) is 2.67. The number of nitrogens with one attached hydrogen (secondary N) is 1. The first-order valence-electron chi connectivity index (χ1n) is 7.78. The molecule has 1 aliphatic rings. The zero-order valence-electron chi connectivity index (χ0n) is 13.5. The summed E-state index contributed by atoms with van der Waals surface area (Å²) < 4.78 is 0. The molecule has 0 radical (unpaired) electrons. The number of aromatic nitrogens is 1. The van der Waals surface area contributed by atoms with Crippen LogP contribution in [0.5, 0.6) is 0 Å².